The van der Waals surface area contributed by atoms with Gasteiger partial charge in [-0.25, -0.2) is 4.79 Å². The van der Waals surface area contributed by atoms with Crippen LogP contribution in [0.3, 0.4) is 0 Å². The average Bonchev–Trinajstić information content (AvgIpc) is 3.05. The summed E-state index contributed by atoms with van der Waals surface area (Å²) < 4.78 is 0. The first-order valence-corrected chi connectivity index (χ1v) is 10.4. The van der Waals surface area contributed by atoms with E-state index in [1.807, 2.05) is 42.5 Å². The number of rotatable bonds is 5. The molecule has 2 aromatic carbocycles. The van der Waals surface area contributed by atoms with Gasteiger partial charge in [-0.15, -0.1) is 5.01 Å². The second-order valence-corrected chi connectivity index (χ2v) is 8.23. The molecule has 1 saturated heterocycles. The van der Waals surface area contributed by atoms with Crippen molar-refractivity contribution >= 4 is 35.2 Å². The molecule has 2 N–H and O–H groups in total. The number of amides is 4. The Hall–Kier alpha value is -3.19. The second kappa shape index (κ2) is 8.51. The topological polar surface area (TPSA) is 96.1 Å². The highest BCUT2D eigenvalue weighted by atomic mass is 35.5. The van der Waals surface area contributed by atoms with E-state index >= 15 is 0 Å². The highest BCUT2D eigenvalue weighted by Gasteiger charge is 2.55. The number of nitrogens with two attached hydrogens (primary N) is 1. The third-order valence-corrected chi connectivity index (χ3v) is 6.00. The molecule has 8 heteroatoms. The molecule has 2 heterocycles. The van der Waals surface area contributed by atoms with Crippen molar-refractivity contribution in [2.45, 2.75) is 19.3 Å². The standard InChI is InChI=1S/C23H22ClN4O3/c24-18-9-6-16(7-10-18)8-11-20(29)27-13-12-19-23(15-27,14-17-4-2-1-3-5-17)21(30)28(26-19)22(25)31/h1-7,9-11H,8,12-15H2,(H2,25,31)/t23-/m1/s1. The van der Waals surface area contributed by atoms with Crippen LogP contribution in [0.4, 0.5) is 4.79 Å². The van der Waals surface area contributed by atoms with Gasteiger partial charge in [0.2, 0.25) is 5.91 Å². The molecule has 2 aliphatic heterocycles. The van der Waals surface area contributed by atoms with Gasteiger partial charge in [0.05, 0.1) is 12.1 Å². The second-order valence-electron chi connectivity index (χ2n) is 7.79. The van der Waals surface area contributed by atoms with Gasteiger partial charge in [0, 0.05) is 24.5 Å². The van der Waals surface area contributed by atoms with Gasteiger partial charge in [0.15, 0.2) is 0 Å². The van der Waals surface area contributed by atoms with Crippen LogP contribution in [0.1, 0.15) is 17.5 Å². The number of carbonyl (C=O) groups excluding carboxylic acids is 3. The number of benzene rings is 2. The molecule has 1 fully saturated rings. The maximum Gasteiger partial charge on any atom is 0.342 e. The summed E-state index contributed by atoms with van der Waals surface area (Å²) in [5, 5.41) is 5.60. The first-order chi connectivity index (χ1) is 14.9. The van der Waals surface area contributed by atoms with E-state index in [9.17, 15) is 14.4 Å². The molecule has 7 nitrogen and oxygen atoms in total. The molecule has 4 rings (SSSR count). The Balaban J connectivity index is 1.54. The summed E-state index contributed by atoms with van der Waals surface area (Å²) in [6.45, 7) is 0.574. The van der Waals surface area contributed by atoms with Gasteiger partial charge in [-0.1, -0.05) is 54.1 Å². The predicted molar refractivity (Wildman–Crippen MR) is 117 cm³/mol. The summed E-state index contributed by atoms with van der Waals surface area (Å²) in [6.07, 6.45) is 2.81. The van der Waals surface area contributed by atoms with Crippen molar-refractivity contribution in [3.05, 3.63) is 77.2 Å². The summed E-state index contributed by atoms with van der Waals surface area (Å²) >= 11 is 5.91. The molecular formula is C23H22ClN4O3. The number of fused-ring (bicyclic) bond motifs is 1. The SMILES string of the molecule is NC(=O)N1N=C2CCN(C(=O)[CH]Cc3ccc(Cl)cc3)C[C@@]2(Cc2ccccc2)C1=O. The zero-order chi connectivity index (χ0) is 22.0. The maximum absolute atomic E-state index is 13.2. The molecule has 4 amide bonds. The number of hydrazone groups is 1. The lowest BCUT2D eigenvalue weighted by Gasteiger charge is -2.39. The fourth-order valence-corrected chi connectivity index (χ4v) is 4.28. The van der Waals surface area contributed by atoms with Crippen molar-refractivity contribution in [3.63, 3.8) is 0 Å². The van der Waals surface area contributed by atoms with E-state index < -0.39 is 17.4 Å². The Morgan fingerprint density at radius 3 is 2.48 bits per heavy atom. The van der Waals surface area contributed by atoms with Gasteiger partial charge in [0.1, 0.15) is 5.41 Å². The molecule has 2 aliphatic rings. The van der Waals surface area contributed by atoms with E-state index in [-0.39, 0.29) is 12.5 Å². The van der Waals surface area contributed by atoms with Crippen LogP contribution in [-0.2, 0) is 22.4 Å². The molecule has 31 heavy (non-hydrogen) atoms. The van der Waals surface area contributed by atoms with E-state index in [1.165, 1.54) is 0 Å². The largest absolute Gasteiger partial charge is 0.350 e. The quantitative estimate of drug-likeness (QED) is 0.778. The van der Waals surface area contributed by atoms with Gasteiger partial charge in [0.25, 0.3) is 5.91 Å². The fourth-order valence-electron chi connectivity index (χ4n) is 4.15. The van der Waals surface area contributed by atoms with Gasteiger partial charge in [-0.2, -0.15) is 5.10 Å². The lowest BCUT2D eigenvalue weighted by molar-refractivity contribution is -0.137. The number of piperidine rings is 1. The van der Waals surface area contributed by atoms with E-state index in [2.05, 4.69) is 5.10 Å². The fraction of sp³-hybridized carbons (Fsp3) is 0.261. The zero-order valence-electron chi connectivity index (χ0n) is 16.8. The summed E-state index contributed by atoms with van der Waals surface area (Å²) in [4.78, 5) is 39.6. The summed E-state index contributed by atoms with van der Waals surface area (Å²) in [5.41, 5.74) is 6.78. The molecule has 0 bridgehead atoms. The van der Waals surface area contributed by atoms with Crippen LogP contribution in [-0.4, -0.2) is 46.6 Å². The summed E-state index contributed by atoms with van der Waals surface area (Å²) in [5.74, 6) is -0.638. The summed E-state index contributed by atoms with van der Waals surface area (Å²) in [7, 11) is 0. The molecule has 2 aromatic rings. The van der Waals surface area contributed by atoms with Gasteiger partial charge < -0.3 is 10.6 Å². The first-order valence-electron chi connectivity index (χ1n) is 10.0. The van der Waals surface area contributed by atoms with Crippen LogP contribution in [0, 0.1) is 11.8 Å². The van der Waals surface area contributed by atoms with Crippen molar-refractivity contribution < 1.29 is 14.4 Å². The van der Waals surface area contributed by atoms with Crippen molar-refractivity contribution in [1.82, 2.24) is 9.91 Å². The van der Waals surface area contributed by atoms with Gasteiger partial charge >= 0.3 is 6.03 Å². The maximum atomic E-state index is 13.2. The minimum Gasteiger partial charge on any atom is -0.350 e. The van der Waals surface area contributed by atoms with Crippen LogP contribution in [0.15, 0.2) is 59.7 Å². The molecule has 0 aromatic heterocycles. The number of nitrogens with zero attached hydrogens (tertiary/aromatic N) is 3. The van der Waals surface area contributed by atoms with Crippen LogP contribution in [0.2, 0.25) is 5.02 Å². The van der Waals surface area contributed by atoms with E-state index in [0.717, 1.165) is 16.1 Å². The van der Waals surface area contributed by atoms with Crippen molar-refractivity contribution in [1.29, 1.82) is 0 Å². The summed E-state index contributed by atoms with van der Waals surface area (Å²) in [6, 6.07) is 15.9. The minimum absolute atomic E-state index is 0.152. The molecule has 0 spiro atoms. The van der Waals surface area contributed by atoms with Crippen LogP contribution in [0.25, 0.3) is 0 Å². The lowest BCUT2D eigenvalue weighted by Crippen LogP contribution is -2.56. The van der Waals surface area contributed by atoms with E-state index in [1.54, 1.807) is 23.5 Å². The number of primary amides is 1. The monoisotopic (exact) mass is 437 g/mol. The molecule has 1 radical (unpaired) electrons. The molecule has 0 saturated carbocycles. The smallest absolute Gasteiger partial charge is 0.342 e. The first kappa shape index (κ1) is 21.1. The Bertz CT molecular complexity index is 1040. The molecule has 0 unspecified atom stereocenters. The van der Waals surface area contributed by atoms with Crippen LogP contribution in [0.5, 0.6) is 0 Å². The molecule has 1 atom stereocenters. The number of likely N-dealkylation sites (tertiary alicyclic amines) is 1. The third kappa shape index (κ3) is 4.18. The zero-order valence-corrected chi connectivity index (χ0v) is 17.6. The number of halogens is 1. The van der Waals surface area contributed by atoms with Crippen LogP contribution >= 0.6 is 11.6 Å². The van der Waals surface area contributed by atoms with Gasteiger partial charge in [-0.3, -0.25) is 9.59 Å². The Morgan fingerprint density at radius 2 is 1.81 bits per heavy atom. The Morgan fingerprint density at radius 1 is 1.10 bits per heavy atom. The molecule has 0 aliphatic carbocycles. The van der Waals surface area contributed by atoms with Crippen LogP contribution < -0.4 is 5.73 Å². The van der Waals surface area contributed by atoms with Crippen molar-refractivity contribution in [2.24, 2.45) is 16.3 Å². The molecular weight excluding hydrogens is 416 g/mol. The molecule has 159 valence electrons. The minimum atomic E-state index is -1.08. The van der Waals surface area contributed by atoms with Crippen molar-refractivity contribution in [2.75, 3.05) is 13.1 Å². The Kier molecular flexibility index (Phi) is 5.78. The third-order valence-electron chi connectivity index (χ3n) is 5.75. The van der Waals surface area contributed by atoms with Crippen molar-refractivity contribution in [3.8, 4) is 0 Å². The Labute approximate surface area is 185 Å². The predicted octanol–water partition coefficient (Wildman–Crippen LogP) is 2.83. The highest BCUT2D eigenvalue weighted by Crippen LogP contribution is 2.38. The van der Waals surface area contributed by atoms with E-state index in [0.29, 0.717) is 36.5 Å². The number of hydrogen-bond donors (Lipinski definition) is 1. The number of urea groups is 1. The highest BCUT2D eigenvalue weighted by molar-refractivity contribution is 6.30. The lowest BCUT2D eigenvalue weighted by atomic mass is 9.73. The number of carbonyl (C=O) groups is 3. The normalized spacial score (nSPS) is 20.4. The van der Waals surface area contributed by atoms with Gasteiger partial charge in [-0.05, 0) is 36.1 Å². The number of imide groups is 1. The number of hydrogen-bond acceptors (Lipinski definition) is 4. The average molecular weight is 438 g/mol. The van der Waals surface area contributed by atoms with E-state index in [4.69, 9.17) is 17.3 Å².